The minimum atomic E-state index is -4.67. The van der Waals surface area contributed by atoms with Crippen molar-refractivity contribution in [2.75, 3.05) is 20.8 Å². The third-order valence-corrected chi connectivity index (χ3v) is 8.21. The highest BCUT2D eigenvalue weighted by Gasteiger charge is 2.37. The predicted octanol–water partition coefficient (Wildman–Crippen LogP) is 3.56. The Balaban J connectivity index is 0.00000203. The minimum Gasteiger partial charge on any atom is -0.453 e. The molecule has 0 saturated heterocycles. The zero-order valence-corrected chi connectivity index (χ0v) is 33.7. The van der Waals surface area contributed by atoms with Crippen LogP contribution in [0, 0.1) is 10.8 Å². The molecule has 1 heterocycles. The Bertz CT molecular complexity index is 1810. The average molecular weight is 803 g/mol. The van der Waals surface area contributed by atoms with Gasteiger partial charge in [-0.25, -0.2) is 14.6 Å². The first-order valence-corrected chi connectivity index (χ1v) is 18.9. The van der Waals surface area contributed by atoms with Gasteiger partial charge < -0.3 is 30.5 Å². The number of ether oxygens (including phenoxy) is 2. The van der Waals surface area contributed by atoms with Crippen LogP contribution in [-0.4, -0.2) is 102 Å². The Morgan fingerprint density at radius 1 is 0.732 bits per heavy atom. The Labute approximate surface area is 328 Å². The van der Waals surface area contributed by atoms with Gasteiger partial charge in [0.25, 0.3) is 5.91 Å². The molecule has 2 aromatic carbocycles. The van der Waals surface area contributed by atoms with E-state index < -0.39 is 69.5 Å². The second-order valence-electron chi connectivity index (χ2n) is 15.0. The van der Waals surface area contributed by atoms with Crippen molar-refractivity contribution < 1.29 is 51.3 Å². The molecular formula is C38H54N6O11S. The topological polar surface area (TPSA) is 246 Å². The van der Waals surface area contributed by atoms with Gasteiger partial charge >= 0.3 is 22.6 Å². The van der Waals surface area contributed by atoms with Crippen molar-refractivity contribution in [1.82, 2.24) is 31.4 Å². The number of aliphatic hydroxyl groups excluding tert-OH is 1. The molecule has 0 saturated carbocycles. The molecule has 17 nitrogen and oxygen atoms in total. The van der Waals surface area contributed by atoms with Gasteiger partial charge in [0.05, 0.1) is 32.1 Å². The third-order valence-electron chi connectivity index (χ3n) is 8.21. The van der Waals surface area contributed by atoms with E-state index in [-0.39, 0.29) is 19.5 Å². The average Bonchev–Trinajstić information content (AvgIpc) is 3.11. The number of nitrogens with zero attached hydrogens (tertiary/aromatic N) is 2. The van der Waals surface area contributed by atoms with Crippen LogP contribution < -0.4 is 21.4 Å². The summed E-state index contributed by atoms with van der Waals surface area (Å²) in [7, 11) is -2.23. The quantitative estimate of drug-likeness (QED) is 0.0912. The maximum Gasteiger partial charge on any atom is 0.407 e. The van der Waals surface area contributed by atoms with E-state index in [9.17, 15) is 24.3 Å². The lowest BCUT2D eigenvalue weighted by atomic mass is 9.85. The number of pyridine rings is 1. The second kappa shape index (κ2) is 21.2. The summed E-state index contributed by atoms with van der Waals surface area (Å²) >= 11 is 0. The SMILES string of the molecule is COC(=O)NC(C(=O)N[C@@H](Cc1ccccc1)[C@@H](O)CN(Cc1ccc(-c2ccccn2)cc1)NC(=O)[C@@H](NC(=O)OC)C(C)(C)C)C(C)(C)C.O=S(=O)(O)O. The Hall–Kier alpha value is -5.14. The largest absolute Gasteiger partial charge is 0.453 e. The summed E-state index contributed by atoms with van der Waals surface area (Å²) in [4.78, 5) is 56.3. The molecule has 56 heavy (non-hydrogen) atoms. The number of hydrazine groups is 1. The number of carbonyl (C=O) groups is 4. The molecular weight excluding hydrogens is 749 g/mol. The Morgan fingerprint density at radius 2 is 1.23 bits per heavy atom. The van der Waals surface area contributed by atoms with Gasteiger partial charge in [-0.15, -0.1) is 0 Å². The van der Waals surface area contributed by atoms with Crippen molar-refractivity contribution >= 4 is 34.4 Å². The van der Waals surface area contributed by atoms with E-state index in [4.69, 9.17) is 27.0 Å². The normalized spacial score (nSPS) is 13.8. The van der Waals surface area contributed by atoms with Gasteiger partial charge in [-0.1, -0.05) is 102 Å². The number of hydrogen-bond donors (Lipinski definition) is 7. The van der Waals surface area contributed by atoms with Gasteiger partial charge in [-0.05, 0) is 40.5 Å². The summed E-state index contributed by atoms with van der Waals surface area (Å²) < 4.78 is 41.1. The van der Waals surface area contributed by atoms with Crippen molar-refractivity contribution in [3.05, 3.63) is 90.1 Å². The van der Waals surface area contributed by atoms with Crippen molar-refractivity contribution in [2.45, 2.75) is 78.7 Å². The summed E-state index contributed by atoms with van der Waals surface area (Å²) in [5, 5.41) is 21.6. The molecule has 0 aliphatic carbocycles. The fourth-order valence-electron chi connectivity index (χ4n) is 5.38. The molecule has 3 rings (SSSR count). The summed E-state index contributed by atoms with van der Waals surface area (Å²) in [6.45, 7) is 10.9. The molecule has 308 valence electrons. The zero-order valence-electron chi connectivity index (χ0n) is 32.8. The van der Waals surface area contributed by atoms with Gasteiger partial charge in [-0.3, -0.25) is 29.1 Å². The smallest absolute Gasteiger partial charge is 0.407 e. The third kappa shape index (κ3) is 17.1. The van der Waals surface area contributed by atoms with E-state index in [0.717, 1.165) is 22.4 Å². The number of amides is 4. The molecule has 0 spiro atoms. The fraction of sp³-hybridized carbons (Fsp3) is 0.447. The standard InChI is InChI=1S/C38H52N6O7.H2O4S/c1-37(2,3)31(41-35(48)50-7)33(46)40-29(22-25-14-10-9-11-15-25)30(45)24-44(43-34(47)32(38(4,5)6)42-36(49)51-8)23-26-17-19-27(20-18-26)28-16-12-13-21-39-28;1-5(2,3)4/h9-21,29-32,45H,22-24H2,1-8H3,(H,40,46)(H,41,48)(H,42,49)(H,43,47);(H2,1,2,3,4)/t29-,30-,31?,32+;/m0./s1. The molecule has 1 aromatic heterocycles. The molecule has 0 bridgehead atoms. The van der Waals surface area contributed by atoms with Gasteiger partial charge in [-0.2, -0.15) is 8.42 Å². The van der Waals surface area contributed by atoms with E-state index >= 15 is 0 Å². The summed E-state index contributed by atoms with van der Waals surface area (Å²) in [6, 6.07) is 19.8. The lowest BCUT2D eigenvalue weighted by molar-refractivity contribution is -0.132. The van der Waals surface area contributed by atoms with E-state index in [1.807, 2.05) is 93.6 Å². The van der Waals surface area contributed by atoms with Crippen LogP contribution in [0.3, 0.4) is 0 Å². The summed E-state index contributed by atoms with van der Waals surface area (Å²) in [6.07, 6.45) is -0.778. The molecule has 4 atom stereocenters. The van der Waals surface area contributed by atoms with Gasteiger partial charge in [0, 0.05) is 24.8 Å². The zero-order chi connectivity index (χ0) is 42.3. The van der Waals surface area contributed by atoms with Crippen LogP contribution in [-0.2, 0) is 42.4 Å². The molecule has 0 fully saturated rings. The van der Waals surface area contributed by atoms with Crippen LogP contribution in [0.4, 0.5) is 9.59 Å². The van der Waals surface area contributed by atoms with Crippen molar-refractivity contribution in [2.24, 2.45) is 10.8 Å². The van der Waals surface area contributed by atoms with E-state index in [0.29, 0.717) is 0 Å². The van der Waals surface area contributed by atoms with Crippen molar-refractivity contribution in [1.29, 1.82) is 0 Å². The predicted molar refractivity (Wildman–Crippen MR) is 208 cm³/mol. The molecule has 0 aliphatic heterocycles. The van der Waals surface area contributed by atoms with E-state index in [1.165, 1.54) is 14.2 Å². The number of aromatic nitrogens is 1. The molecule has 18 heteroatoms. The van der Waals surface area contributed by atoms with Crippen molar-refractivity contribution in [3.8, 4) is 11.3 Å². The first kappa shape index (κ1) is 47.0. The first-order chi connectivity index (χ1) is 26.0. The number of rotatable bonds is 14. The number of carbonyl (C=O) groups excluding carboxylic acids is 4. The summed E-state index contributed by atoms with van der Waals surface area (Å²) in [5.41, 5.74) is 4.88. The van der Waals surface area contributed by atoms with Crippen LogP contribution in [0.25, 0.3) is 11.3 Å². The van der Waals surface area contributed by atoms with Crippen LogP contribution >= 0.6 is 0 Å². The van der Waals surface area contributed by atoms with Crippen molar-refractivity contribution in [3.63, 3.8) is 0 Å². The number of benzene rings is 2. The second-order valence-corrected chi connectivity index (χ2v) is 15.9. The lowest BCUT2D eigenvalue weighted by Gasteiger charge is -2.35. The molecule has 4 amide bonds. The monoisotopic (exact) mass is 802 g/mol. The Kier molecular flexibility index (Phi) is 17.8. The maximum atomic E-state index is 13.8. The number of methoxy groups -OCH3 is 2. The van der Waals surface area contributed by atoms with Gasteiger partial charge in [0.1, 0.15) is 12.1 Å². The number of alkyl carbamates (subject to hydrolysis) is 2. The van der Waals surface area contributed by atoms with Crippen LogP contribution in [0.2, 0.25) is 0 Å². The van der Waals surface area contributed by atoms with E-state index in [2.05, 4.69) is 26.4 Å². The van der Waals surface area contributed by atoms with Gasteiger partial charge in [0.15, 0.2) is 0 Å². The first-order valence-electron chi connectivity index (χ1n) is 17.5. The molecule has 3 aromatic rings. The number of hydrogen-bond acceptors (Lipinski definition) is 11. The summed E-state index contributed by atoms with van der Waals surface area (Å²) in [5.74, 6) is -1.03. The maximum absolute atomic E-state index is 13.8. The molecule has 7 N–H and O–H groups in total. The fourth-order valence-corrected chi connectivity index (χ4v) is 5.38. The highest BCUT2D eigenvalue weighted by Crippen LogP contribution is 2.23. The lowest BCUT2D eigenvalue weighted by Crippen LogP contribution is -2.60. The van der Waals surface area contributed by atoms with Crippen LogP contribution in [0.15, 0.2) is 79.0 Å². The Morgan fingerprint density at radius 3 is 1.70 bits per heavy atom. The number of aliphatic hydroxyl groups is 1. The number of nitrogens with one attached hydrogen (secondary N) is 4. The molecule has 1 unspecified atom stereocenters. The highest BCUT2D eigenvalue weighted by molar-refractivity contribution is 7.79. The minimum absolute atomic E-state index is 0.120. The molecule has 0 radical (unpaired) electrons. The van der Waals surface area contributed by atoms with Crippen LogP contribution in [0.1, 0.15) is 52.7 Å². The van der Waals surface area contributed by atoms with Gasteiger partial charge in [0.2, 0.25) is 5.91 Å². The molecule has 0 aliphatic rings. The van der Waals surface area contributed by atoms with Crippen LogP contribution in [0.5, 0.6) is 0 Å². The van der Waals surface area contributed by atoms with E-state index in [1.54, 1.807) is 32.0 Å². The highest BCUT2D eigenvalue weighted by atomic mass is 32.3.